The fourth-order valence-electron chi connectivity index (χ4n) is 4.64. The van der Waals surface area contributed by atoms with Gasteiger partial charge in [-0.25, -0.2) is 8.42 Å². The Morgan fingerprint density at radius 1 is 1.09 bits per heavy atom. The molecule has 0 aromatic heterocycles. The van der Waals surface area contributed by atoms with Gasteiger partial charge < -0.3 is 14.7 Å². The minimum Gasteiger partial charge on any atom is -0.507 e. The van der Waals surface area contributed by atoms with Crippen molar-refractivity contribution in [2.75, 3.05) is 18.6 Å². The van der Waals surface area contributed by atoms with E-state index in [2.05, 4.69) is 27.8 Å². The minimum atomic E-state index is -3.97. The van der Waals surface area contributed by atoms with Crippen LogP contribution in [0.25, 0.3) is 0 Å². The Morgan fingerprint density at radius 2 is 1.77 bits per heavy atom. The summed E-state index contributed by atoms with van der Waals surface area (Å²) in [5.74, 6) is 0.610. The van der Waals surface area contributed by atoms with Crippen molar-refractivity contribution < 1.29 is 18.3 Å². The number of halogens is 1. The third kappa shape index (κ3) is 5.06. The number of hydrogen-bond acceptors (Lipinski definition) is 5. The summed E-state index contributed by atoms with van der Waals surface area (Å²) in [6.45, 7) is 4.82. The number of hydrogen-bond donors (Lipinski definition) is 1. The molecular formula is C27H31BrN2O4S. The first-order chi connectivity index (χ1) is 16.7. The predicted octanol–water partition coefficient (Wildman–Crippen LogP) is 6.45. The number of rotatable bonds is 7. The van der Waals surface area contributed by atoms with Crippen LogP contribution in [-0.2, 0) is 16.6 Å². The van der Waals surface area contributed by atoms with Gasteiger partial charge in [0.15, 0.2) is 0 Å². The summed E-state index contributed by atoms with van der Waals surface area (Å²) >= 11 is 3.39. The number of phenols is 1. The highest BCUT2D eigenvalue weighted by atomic mass is 79.9. The highest BCUT2D eigenvalue weighted by Gasteiger charge is 2.46. The fourth-order valence-corrected chi connectivity index (χ4v) is 6.95. The molecule has 0 saturated heterocycles. The number of sulfonamides is 1. The van der Waals surface area contributed by atoms with E-state index in [1.807, 2.05) is 61.5 Å². The highest BCUT2D eigenvalue weighted by molar-refractivity contribution is 9.10. The minimum absolute atomic E-state index is 0.0933. The molecule has 1 unspecified atom stereocenters. The first-order valence-electron chi connectivity index (χ1n) is 11.7. The lowest BCUT2D eigenvalue weighted by molar-refractivity contribution is 0.191. The van der Waals surface area contributed by atoms with E-state index >= 15 is 0 Å². The van der Waals surface area contributed by atoms with E-state index in [1.165, 1.54) is 6.07 Å². The molecule has 35 heavy (non-hydrogen) atoms. The second kappa shape index (κ2) is 10.2. The monoisotopic (exact) mass is 558 g/mol. The predicted molar refractivity (Wildman–Crippen MR) is 143 cm³/mol. The molecule has 0 bridgehead atoms. The van der Waals surface area contributed by atoms with Crippen LogP contribution < -0.4 is 9.64 Å². The van der Waals surface area contributed by atoms with E-state index < -0.39 is 15.6 Å². The molecule has 186 valence electrons. The van der Waals surface area contributed by atoms with E-state index in [0.717, 1.165) is 29.8 Å². The van der Waals surface area contributed by atoms with Gasteiger partial charge in [-0.05, 0) is 65.2 Å². The molecule has 3 aromatic carbocycles. The summed E-state index contributed by atoms with van der Waals surface area (Å²) < 4.78 is 36.0. The maximum absolute atomic E-state index is 14.3. The lowest BCUT2D eigenvalue weighted by Gasteiger charge is -2.41. The Hall–Kier alpha value is -2.55. The van der Waals surface area contributed by atoms with Crippen LogP contribution in [-0.4, -0.2) is 37.0 Å². The van der Waals surface area contributed by atoms with Crippen molar-refractivity contribution in [1.29, 1.82) is 0 Å². The molecular weight excluding hydrogens is 528 g/mol. The van der Waals surface area contributed by atoms with Crippen LogP contribution in [0.5, 0.6) is 11.5 Å². The molecule has 0 radical (unpaired) electrons. The summed E-state index contributed by atoms with van der Waals surface area (Å²) in [7, 11) is -2.36. The Bertz CT molecular complexity index is 1280. The maximum Gasteiger partial charge on any atom is 0.246 e. The normalized spacial score (nSPS) is 19.7. The molecule has 1 N–H and O–H groups in total. The molecule has 8 heteroatoms. The van der Waals surface area contributed by atoms with Gasteiger partial charge in [0.2, 0.25) is 10.0 Å². The van der Waals surface area contributed by atoms with Crippen molar-refractivity contribution in [3.8, 4) is 11.5 Å². The van der Waals surface area contributed by atoms with E-state index in [9.17, 15) is 13.5 Å². The topological polar surface area (TPSA) is 70.1 Å². The van der Waals surface area contributed by atoms with Crippen LogP contribution >= 0.6 is 15.9 Å². The van der Waals surface area contributed by atoms with Crippen LogP contribution in [0.4, 0.5) is 11.4 Å². The molecule has 0 spiro atoms. The van der Waals surface area contributed by atoms with Gasteiger partial charge in [-0.3, -0.25) is 0 Å². The number of fused-ring (bicyclic) bond motifs is 1. The van der Waals surface area contributed by atoms with Gasteiger partial charge in [0, 0.05) is 24.8 Å². The summed E-state index contributed by atoms with van der Waals surface area (Å²) in [5, 5.41) is 10.5. The number of ether oxygens (including phenoxy) is 1. The van der Waals surface area contributed by atoms with E-state index in [0.29, 0.717) is 23.1 Å². The Balaban J connectivity index is 1.92. The zero-order valence-electron chi connectivity index (χ0n) is 20.2. The molecule has 3 aromatic rings. The molecule has 1 atom stereocenters. The standard InChI is InChI=1S/C27H31BrN2O4S/c1-4-5-15-27(2)19-29(21-9-7-6-8-10-21)24-16-23(28)25(31)17-26(24)35(32,33)30(27)18-20-11-13-22(34-3)14-12-20/h6-14,16-17,31H,4-5,15,18-19H2,1-3H3. The van der Waals surface area contributed by atoms with Crippen molar-refractivity contribution in [2.45, 2.75) is 50.1 Å². The molecule has 0 aliphatic carbocycles. The number of para-hydroxylation sites is 1. The third-order valence-electron chi connectivity index (χ3n) is 6.61. The van der Waals surface area contributed by atoms with Crippen molar-refractivity contribution in [3.05, 3.63) is 76.8 Å². The zero-order chi connectivity index (χ0) is 25.2. The van der Waals surface area contributed by atoms with Crippen LogP contribution in [0.2, 0.25) is 0 Å². The number of aromatic hydroxyl groups is 1. The SMILES string of the molecule is CCCCC1(C)CN(c2ccccc2)c2cc(Br)c(O)cc2S(=O)(=O)N1Cc1ccc(OC)cc1. The summed E-state index contributed by atoms with van der Waals surface area (Å²) in [5.41, 5.74) is 1.61. The number of methoxy groups -OCH3 is 1. The molecule has 0 fully saturated rings. The molecule has 1 aliphatic heterocycles. The Kier molecular flexibility index (Phi) is 7.45. The van der Waals surface area contributed by atoms with Crippen molar-refractivity contribution in [3.63, 3.8) is 0 Å². The molecule has 1 aliphatic rings. The van der Waals surface area contributed by atoms with E-state index in [1.54, 1.807) is 17.5 Å². The van der Waals surface area contributed by atoms with Gasteiger partial charge in [0.05, 0.1) is 22.8 Å². The third-order valence-corrected chi connectivity index (χ3v) is 9.28. The Morgan fingerprint density at radius 3 is 2.40 bits per heavy atom. The first-order valence-corrected chi connectivity index (χ1v) is 13.9. The summed E-state index contributed by atoms with van der Waals surface area (Å²) in [4.78, 5) is 2.15. The van der Waals surface area contributed by atoms with Gasteiger partial charge >= 0.3 is 0 Å². The largest absolute Gasteiger partial charge is 0.507 e. The first kappa shape index (κ1) is 25.5. The Labute approximate surface area is 216 Å². The lowest BCUT2D eigenvalue weighted by Crippen LogP contribution is -2.53. The van der Waals surface area contributed by atoms with Crippen LogP contribution in [0, 0.1) is 0 Å². The van der Waals surface area contributed by atoms with Gasteiger partial charge in [-0.2, -0.15) is 4.31 Å². The van der Waals surface area contributed by atoms with Crippen LogP contribution in [0.15, 0.2) is 76.1 Å². The second-order valence-corrected chi connectivity index (χ2v) is 11.8. The van der Waals surface area contributed by atoms with Crippen molar-refractivity contribution >= 4 is 37.3 Å². The molecule has 0 amide bonds. The van der Waals surface area contributed by atoms with E-state index in [4.69, 9.17) is 4.74 Å². The van der Waals surface area contributed by atoms with Crippen LogP contribution in [0.1, 0.15) is 38.7 Å². The van der Waals surface area contributed by atoms with Crippen molar-refractivity contribution in [1.82, 2.24) is 4.31 Å². The molecule has 0 saturated carbocycles. The quantitative estimate of drug-likeness (QED) is 0.360. The second-order valence-electron chi connectivity index (χ2n) is 9.15. The fraction of sp³-hybridized carbons (Fsp3) is 0.333. The number of phenolic OH excluding ortho intramolecular Hbond substituents is 1. The average Bonchev–Trinajstić information content (AvgIpc) is 2.92. The summed E-state index contributed by atoms with van der Waals surface area (Å²) in [6, 6.07) is 20.3. The van der Waals surface area contributed by atoms with Gasteiger partial charge in [0.25, 0.3) is 0 Å². The molecule has 4 rings (SSSR count). The highest BCUT2D eigenvalue weighted by Crippen LogP contribution is 2.46. The van der Waals surface area contributed by atoms with Crippen LogP contribution in [0.3, 0.4) is 0 Å². The van der Waals surface area contributed by atoms with E-state index in [-0.39, 0.29) is 17.2 Å². The number of benzene rings is 3. The summed E-state index contributed by atoms with van der Waals surface area (Å²) in [6.07, 6.45) is 2.54. The number of unbranched alkanes of at least 4 members (excludes halogenated alkanes) is 1. The van der Waals surface area contributed by atoms with Gasteiger partial charge in [-0.15, -0.1) is 0 Å². The molecule has 6 nitrogen and oxygen atoms in total. The average molecular weight is 560 g/mol. The lowest BCUT2D eigenvalue weighted by atomic mass is 9.92. The number of nitrogens with zero attached hydrogens (tertiary/aromatic N) is 2. The van der Waals surface area contributed by atoms with Crippen molar-refractivity contribution in [2.24, 2.45) is 0 Å². The van der Waals surface area contributed by atoms with Gasteiger partial charge in [0.1, 0.15) is 16.4 Å². The number of anilines is 2. The van der Waals surface area contributed by atoms with Gasteiger partial charge in [-0.1, -0.05) is 50.1 Å². The maximum atomic E-state index is 14.3. The zero-order valence-corrected chi connectivity index (χ0v) is 22.6. The molecule has 1 heterocycles. The smallest absolute Gasteiger partial charge is 0.246 e.